The number of rotatable bonds is 7. The van der Waals surface area contributed by atoms with Crippen molar-refractivity contribution in [1.82, 2.24) is 10.2 Å². The number of ether oxygens (including phenoxy) is 5. The lowest BCUT2D eigenvalue weighted by molar-refractivity contribution is 0.324. The normalized spacial score (nSPS) is 14.7. The van der Waals surface area contributed by atoms with E-state index >= 15 is 0 Å². The number of para-hydroxylation sites is 1. The van der Waals surface area contributed by atoms with Crippen LogP contribution in [0.2, 0.25) is 0 Å². The molecule has 1 aliphatic rings. The van der Waals surface area contributed by atoms with Crippen molar-refractivity contribution in [2.45, 2.75) is 12.8 Å². The quantitative estimate of drug-likeness (QED) is 0.560. The Labute approximate surface area is 191 Å². The number of allylic oxidation sites excluding steroid dienone is 1. The van der Waals surface area contributed by atoms with Crippen molar-refractivity contribution in [1.29, 1.82) is 5.26 Å². The van der Waals surface area contributed by atoms with Gasteiger partial charge in [0.2, 0.25) is 17.5 Å². The third-order valence-corrected chi connectivity index (χ3v) is 5.42. The van der Waals surface area contributed by atoms with Gasteiger partial charge >= 0.3 is 0 Å². The molecule has 2 aromatic carbocycles. The fourth-order valence-corrected chi connectivity index (χ4v) is 4.01. The van der Waals surface area contributed by atoms with E-state index in [0.29, 0.717) is 46.4 Å². The number of aromatic amines is 1. The van der Waals surface area contributed by atoms with E-state index in [1.54, 1.807) is 33.5 Å². The molecule has 0 amide bonds. The molecule has 170 valence electrons. The van der Waals surface area contributed by atoms with E-state index in [1.807, 2.05) is 31.2 Å². The Morgan fingerprint density at radius 3 is 2.39 bits per heavy atom. The topological polar surface area (TPSA) is 125 Å². The molecule has 1 unspecified atom stereocenters. The maximum absolute atomic E-state index is 9.98. The van der Waals surface area contributed by atoms with Crippen molar-refractivity contribution < 1.29 is 23.7 Å². The molecule has 1 atom stereocenters. The molecule has 0 bridgehead atoms. The molecule has 1 aliphatic heterocycles. The maximum atomic E-state index is 9.98. The van der Waals surface area contributed by atoms with Crippen LogP contribution < -0.4 is 29.4 Å². The van der Waals surface area contributed by atoms with Gasteiger partial charge < -0.3 is 29.4 Å². The Morgan fingerprint density at radius 2 is 1.79 bits per heavy atom. The van der Waals surface area contributed by atoms with Gasteiger partial charge in [-0.1, -0.05) is 18.2 Å². The number of benzene rings is 2. The van der Waals surface area contributed by atoms with Crippen molar-refractivity contribution in [3.05, 3.63) is 59.0 Å². The molecular formula is C24H24N4O5. The smallest absolute Gasteiger partial charge is 0.244 e. The number of nitrogens with one attached hydrogen (secondary N) is 1. The summed E-state index contributed by atoms with van der Waals surface area (Å²) in [6.07, 6.45) is 0. The summed E-state index contributed by atoms with van der Waals surface area (Å²) in [5.74, 6) is 1.80. The predicted octanol–water partition coefficient (Wildman–Crippen LogP) is 3.72. The van der Waals surface area contributed by atoms with Crippen LogP contribution >= 0.6 is 0 Å². The van der Waals surface area contributed by atoms with Crippen LogP contribution in [-0.2, 0) is 0 Å². The lowest BCUT2D eigenvalue weighted by Gasteiger charge is -2.25. The van der Waals surface area contributed by atoms with Gasteiger partial charge in [0.1, 0.15) is 17.4 Å². The minimum Gasteiger partial charge on any atom is -0.494 e. The Hall–Kier alpha value is -4.32. The second kappa shape index (κ2) is 9.04. The Balaban J connectivity index is 1.97. The zero-order valence-corrected chi connectivity index (χ0v) is 18.8. The van der Waals surface area contributed by atoms with Crippen LogP contribution in [0.15, 0.2) is 47.9 Å². The van der Waals surface area contributed by atoms with Gasteiger partial charge in [-0.3, -0.25) is 5.10 Å². The predicted molar refractivity (Wildman–Crippen MR) is 121 cm³/mol. The van der Waals surface area contributed by atoms with Gasteiger partial charge in [-0.25, -0.2) is 0 Å². The first-order valence-electron chi connectivity index (χ1n) is 10.3. The largest absolute Gasteiger partial charge is 0.494 e. The van der Waals surface area contributed by atoms with E-state index in [1.165, 1.54) is 0 Å². The molecule has 0 spiro atoms. The Morgan fingerprint density at radius 1 is 1.09 bits per heavy atom. The zero-order chi connectivity index (χ0) is 23.5. The first-order valence-corrected chi connectivity index (χ1v) is 10.3. The van der Waals surface area contributed by atoms with Gasteiger partial charge in [-0.05, 0) is 25.1 Å². The van der Waals surface area contributed by atoms with Gasteiger partial charge in [0.15, 0.2) is 11.5 Å². The minimum absolute atomic E-state index is 0.00393. The number of nitrogens with two attached hydrogens (primary N) is 1. The van der Waals surface area contributed by atoms with Crippen LogP contribution in [0, 0.1) is 11.3 Å². The van der Waals surface area contributed by atoms with Gasteiger partial charge in [0, 0.05) is 11.1 Å². The molecule has 3 aromatic rings. The summed E-state index contributed by atoms with van der Waals surface area (Å²) in [4.78, 5) is 0. The summed E-state index contributed by atoms with van der Waals surface area (Å²) >= 11 is 0. The molecule has 2 heterocycles. The van der Waals surface area contributed by atoms with E-state index in [0.717, 1.165) is 5.56 Å². The van der Waals surface area contributed by atoms with Crippen LogP contribution in [0.1, 0.15) is 24.0 Å². The van der Waals surface area contributed by atoms with Gasteiger partial charge in [0.05, 0.1) is 45.1 Å². The number of hydrogen-bond acceptors (Lipinski definition) is 8. The lowest BCUT2D eigenvalue weighted by Crippen LogP contribution is -2.21. The van der Waals surface area contributed by atoms with E-state index in [4.69, 9.17) is 29.4 Å². The summed E-state index contributed by atoms with van der Waals surface area (Å²) in [6.45, 7) is 2.38. The average Bonchev–Trinajstić information content (AvgIpc) is 3.26. The highest BCUT2D eigenvalue weighted by molar-refractivity contribution is 5.75. The summed E-state index contributed by atoms with van der Waals surface area (Å²) in [6, 6.07) is 13.3. The van der Waals surface area contributed by atoms with E-state index in [9.17, 15) is 5.26 Å². The molecule has 0 saturated carbocycles. The number of H-pyrrole nitrogens is 1. The first kappa shape index (κ1) is 21.9. The summed E-state index contributed by atoms with van der Waals surface area (Å²) < 4.78 is 28.0. The molecule has 9 nitrogen and oxygen atoms in total. The number of nitrogens with zero attached hydrogens (tertiary/aromatic N) is 2. The first-order chi connectivity index (χ1) is 16.1. The molecule has 4 rings (SSSR count). The highest BCUT2D eigenvalue weighted by Crippen LogP contribution is 2.49. The number of nitriles is 1. The lowest BCUT2D eigenvalue weighted by atomic mass is 9.82. The molecule has 33 heavy (non-hydrogen) atoms. The third kappa shape index (κ3) is 3.65. The van der Waals surface area contributed by atoms with Crippen LogP contribution in [-0.4, -0.2) is 38.1 Å². The summed E-state index contributed by atoms with van der Waals surface area (Å²) in [5, 5.41) is 17.3. The fourth-order valence-electron chi connectivity index (χ4n) is 4.01. The summed E-state index contributed by atoms with van der Waals surface area (Å²) in [5.41, 5.74) is 9.15. The van der Waals surface area contributed by atoms with Crippen molar-refractivity contribution in [3.8, 4) is 46.2 Å². The van der Waals surface area contributed by atoms with Crippen LogP contribution in [0.4, 0.5) is 0 Å². The van der Waals surface area contributed by atoms with Crippen molar-refractivity contribution in [2.75, 3.05) is 27.9 Å². The van der Waals surface area contributed by atoms with Gasteiger partial charge in [0.25, 0.3) is 0 Å². The highest BCUT2D eigenvalue weighted by atomic mass is 16.5. The van der Waals surface area contributed by atoms with Gasteiger partial charge in [-0.2, -0.15) is 5.26 Å². The van der Waals surface area contributed by atoms with E-state index < -0.39 is 5.92 Å². The molecule has 0 aliphatic carbocycles. The highest BCUT2D eigenvalue weighted by Gasteiger charge is 2.37. The van der Waals surface area contributed by atoms with Gasteiger partial charge in [-0.15, -0.1) is 5.10 Å². The molecule has 1 aromatic heterocycles. The van der Waals surface area contributed by atoms with Crippen molar-refractivity contribution in [3.63, 3.8) is 0 Å². The average molecular weight is 448 g/mol. The van der Waals surface area contributed by atoms with E-state index in [2.05, 4.69) is 16.3 Å². The van der Waals surface area contributed by atoms with Crippen LogP contribution in [0.25, 0.3) is 11.3 Å². The van der Waals surface area contributed by atoms with Crippen molar-refractivity contribution in [2.24, 2.45) is 5.73 Å². The molecule has 0 saturated heterocycles. The molecule has 3 N–H and O–H groups in total. The SMILES string of the molecule is CCOc1ccccc1C1C(C#N)=C(N)Oc2n[nH]c(-c3cc(OC)c(OC)c(OC)c3)c21. The standard InChI is InChI=1S/C24H24N4O5/c1-5-32-16-9-7-6-8-14(16)19-15(12-25)23(26)33-24-20(19)21(27-28-24)13-10-17(29-2)22(31-4)18(11-13)30-3/h6-11,19H,5,26H2,1-4H3,(H,27,28). The molecule has 0 fully saturated rings. The molecule has 9 heteroatoms. The molecule has 0 radical (unpaired) electrons. The number of hydrogen-bond donors (Lipinski definition) is 2. The fraction of sp³-hybridized carbons (Fsp3) is 0.250. The number of methoxy groups -OCH3 is 3. The minimum atomic E-state index is -0.561. The maximum Gasteiger partial charge on any atom is 0.244 e. The number of fused-ring (bicyclic) bond motifs is 1. The van der Waals surface area contributed by atoms with Crippen LogP contribution in [0.5, 0.6) is 28.9 Å². The van der Waals surface area contributed by atoms with Crippen LogP contribution in [0.3, 0.4) is 0 Å². The Bertz CT molecular complexity index is 1230. The van der Waals surface area contributed by atoms with Crippen molar-refractivity contribution >= 4 is 0 Å². The zero-order valence-electron chi connectivity index (χ0n) is 18.8. The molecular weight excluding hydrogens is 424 g/mol. The third-order valence-electron chi connectivity index (χ3n) is 5.42. The second-order valence-corrected chi connectivity index (χ2v) is 7.13. The Kier molecular flexibility index (Phi) is 6.00. The second-order valence-electron chi connectivity index (χ2n) is 7.13. The number of aromatic nitrogens is 2. The summed E-state index contributed by atoms with van der Waals surface area (Å²) in [7, 11) is 4.63. The monoisotopic (exact) mass is 448 g/mol. The van der Waals surface area contributed by atoms with E-state index in [-0.39, 0.29) is 17.3 Å².